The zero-order valence-corrected chi connectivity index (χ0v) is 20.5. The van der Waals surface area contributed by atoms with Gasteiger partial charge in [-0.05, 0) is 44.0 Å². The van der Waals surface area contributed by atoms with Crippen molar-refractivity contribution in [2.24, 2.45) is 0 Å². The third-order valence-electron chi connectivity index (χ3n) is 5.71. The Bertz CT molecular complexity index is 1310. The number of nitrogens with zero attached hydrogens (tertiary/aromatic N) is 4. The number of aryl methyl sites for hydroxylation is 3. The van der Waals surface area contributed by atoms with Gasteiger partial charge in [0.25, 0.3) is 11.7 Å². The van der Waals surface area contributed by atoms with Crippen molar-refractivity contribution in [1.82, 2.24) is 24.9 Å². The molecule has 0 atom stereocenters. The van der Waals surface area contributed by atoms with Gasteiger partial charge in [0, 0.05) is 34.7 Å². The Hall–Kier alpha value is -3.19. The van der Waals surface area contributed by atoms with Gasteiger partial charge in [0.1, 0.15) is 0 Å². The molecule has 1 N–H and O–H groups in total. The second-order valence-electron chi connectivity index (χ2n) is 9.03. The Morgan fingerprint density at radius 1 is 1.03 bits per heavy atom. The Morgan fingerprint density at radius 3 is 2.61 bits per heavy atom. The Kier molecular flexibility index (Phi) is 6.51. The Labute approximate surface area is 198 Å². The number of benzene rings is 2. The van der Waals surface area contributed by atoms with Crippen LogP contribution in [0.3, 0.4) is 0 Å². The van der Waals surface area contributed by atoms with Gasteiger partial charge in [-0.1, -0.05) is 73.6 Å². The number of carbonyl (C=O) groups is 1. The highest BCUT2D eigenvalue weighted by molar-refractivity contribution is 7.98. The second-order valence-corrected chi connectivity index (χ2v) is 9.97. The first-order valence-electron chi connectivity index (χ1n) is 11.0. The van der Waals surface area contributed by atoms with Crippen LogP contribution in [0.15, 0.2) is 59.8 Å². The van der Waals surface area contributed by atoms with Gasteiger partial charge in [-0.25, -0.2) is 9.50 Å². The molecule has 4 aromatic rings. The first-order chi connectivity index (χ1) is 15.7. The van der Waals surface area contributed by atoms with E-state index in [9.17, 15) is 4.79 Å². The molecule has 0 unspecified atom stereocenters. The third kappa shape index (κ3) is 5.25. The molecule has 7 heteroatoms. The van der Waals surface area contributed by atoms with E-state index in [2.05, 4.69) is 65.4 Å². The van der Waals surface area contributed by atoms with Crippen LogP contribution in [0.1, 0.15) is 52.3 Å². The van der Waals surface area contributed by atoms with E-state index in [0.29, 0.717) is 28.8 Å². The first-order valence-corrected chi connectivity index (χ1v) is 12.0. The molecule has 0 spiro atoms. The smallest absolute Gasteiger partial charge is 0.253 e. The summed E-state index contributed by atoms with van der Waals surface area (Å²) in [5.74, 6) is 1.13. The highest BCUT2D eigenvalue weighted by Gasteiger charge is 2.22. The van der Waals surface area contributed by atoms with Crippen LogP contribution in [-0.4, -0.2) is 32.0 Å². The maximum absolute atomic E-state index is 13.1. The normalized spacial score (nSPS) is 11.7. The molecular formula is C26H29N5OS. The predicted octanol–water partition coefficient (Wildman–Crippen LogP) is 5.05. The fraction of sp³-hybridized carbons (Fsp3) is 0.308. The van der Waals surface area contributed by atoms with Crippen molar-refractivity contribution in [2.75, 3.05) is 6.54 Å². The topological polar surface area (TPSA) is 72.2 Å². The van der Waals surface area contributed by atoms with Crippen LogP contribution in [0, 0.1) is 20.8 Å². The van der Waals surface area contributed by atoms with Crippen molar-refractivity contribution in [3.05, 3.63) is 88.2 Å². The molecule has 6 nitrogen and oxygen atoms in total. The minimum atomic E-state index is -0.172. The number of carbonyl (C=O) groups excluding carboxylic acids is 1. The van der Waals surface area contributed by atoms with Crippen molar-refractivity contribution in [3.8, 4) is 0 Å². The summed E-state index contributed by atoms with van der Waals surface area (Å²) in [5, 5.41) is 8.34. The van der Waals surface area contributed by atoms with Gasteiger partial charge in [-0.2, -0.15) is 4.98 Å². The van der Waals surface area contributed by atoms with Gasteiger partial charge < -0.3 is 5.32 Å². The monoisotopic (exact) mass is 459 g/mol. The molecule has 0 aliphatic carbocycles. The summed E-state index contributed by atoms with van der Waals surface area (Å²) in [6, 6.07) is 18.1. The van der Waals surface area contributed by atoms with E-state index < -0.39 is 0 Å². The molecule has 170 valence electrons. The molecule has 0 fully saturated rings. The lowest BCUT2D eigenvalue weighted by Crippen LogP contribution is -2.37. The fourth-order valence-electron chi connectivity index (χ4n) is 3.78. The van der Waals surface area contributed by atoms with E-state index in [1.54, 1.807) is 4.52 Å². The van der Waals surface area contributed by atoms with E-state index in [4.69, 9.17) is 0 Å². The number of fused-ring (bicyclic) bond motifs is 1. The quantitative estimate of drug-likeness (QED) is 0.392. The summed E-state index contributed by atoms with van der Waals surface area (Å²) in [4.78, 5) is 22.1. The van der Waals surface area contributed by atoms with E-state index in [0.717, 1.165) is 17.0 Å². The summed E-state index contributed by atoms with van der Waals surface area (Å²) < 4.78 is 1.75. The van der Waals surface area contributed by atoms with E-state index in [-0.39, 0.29) is 11.3 Å². The minimum absolute atomic E-state index is 0.0666. The zero-order chi connectivity index (χ0) is 23.6. The van der Waals surface area contributed by atoms with Crippen molar-refractivity contribution in [3.63, 3.8) is 0 Å². The van der Waals surface area contributed by atoms with Crippen LogP contribution in [0.25, 0.3) is 5.78 Å². The van der Waals surface area contributed by atoms with Crippen molar-refractivity contribution >= 4 is 23.4 Å². The SMILES string of the molecule is Cc1cccc(C(C)(C)CNC(=O)c2ccccc2CSc2nc3nc(C)cc(C)n3n2)c1. The van der Waals surface area contributed by atoms with Gasteiger partial charge in [-0.15, -0.1) is 5.10 Å². The molecule has 0 bridgehead atoms. The van der Waals surface area contributed by atoms with Crippen LogP contribution < -0.4 is 5.32 Å². The number of aromatic nitrogens is 4. The van der Waals surface area contributed by atoms with Crippen LogP contribution >= 0.6 is 11.8 Å². The average molecular weight is 460 g/mol. The molecule has 0 radical (unpaired) electrons. The van der Waals surface area contributed by atoms with Gasteiger partial charge in [-0.3, -0.25) is 4.79 Å². The lowest BCUT2D eigenvalue weighted by molar-refractivity contribution is 0.0945. The zero-order valence-electron chi connectivity index (χ0n) is 19.7. The standard InChI is InChI=1S/C26H29N5OS/c1-17-9-8-11-21(13-17)26(4,5)16-27-23(32)22-12-7-6-10-20(22)15-33-25-29-24-28-18(2)14-19(3)31(24)30-25/h6-14H,15-16H2,1-5H3,(H,27,32). The van der Waals surface area contributed by atoms with Crippen LogP contribution in [0.5, 0.6) is 0 Å². The molecule has 0 aliphatic heterocycles. The summed E-state index contributed by atoms with van der Waals surface area (Å²) >= 11 is 1.50. The number of thioether (sulfide) groups is 1. The number of nitrogens with one attached hydrogen (secondary N) is 1. The number of rotatable bonds is 7. The maximum Gasteiger partial charge on any atom is 0.253 e. The average Bonchev–Trinajstić information content (AvgIpc) is 3.19. The van der Waals surface area contributed by atoms with Crippen LogP contribution in [0.2, 0.25) is 0 Å². The molecule has 0 saturated heterocycles. The van der Waals surface area contributed by atoms with E-state index >= 15 is 0 Å². The maximum atomic E-state index is 13.1. The Morgan fingerprint density at radius 2 is 1.82 bits per heavy atom. The fourth-order valence-corrected chi connectivity index (χ4v) is 4.61. The molecule has 2 aromatic heterocycles. The highest BCUT2D eigenvalue weighted by atomic mass is 32.2. The van der Waals surface area contributed by atoms with Crippen molar-refractivity contribution in [2.45, 2.75) is 50.9 Å². The lowest BCUT2D eigenvalue weighted by Gasteiger charge is -2.26. The number of amides is 1. The van der Waals surface area contributed by atoms with Crippen LogP contribution in [-0.2, 0) is 11.2 Å². The van der Waals surface area contributed by atoms with Gasteiger partial charge in [0.05, 0.1) is 0 Å². The molecule has 1 amide bonds. The van der Waals surface area contributed by atoms with Gasteiger partial charge in [0.15, 0.2) is 0 Å². The molecule has 0 saturated carbocycles. The van der Waals surface area contributed by atoms with Gasteiger partial charge >= 0.3 is 0 Å². The van der Waals surface area contributed by atoms with E-state index in [1.807, 2.05) is 44.2 Å². The molecule has 2 heterocycles. The largest absolute Gasteiger partial charge is 0.351 e. The minimum Gasteiger partial charge on any atom is -0.351 e. The molecule has 33 heavy (non-hydrogen) atoms. The first kappa shape index (κ1) is 23.0. The van der Waals surface area contributed by atoms with Crippen molar-refractivity contribution in [1.29, 1.82) is 0 Å². The van der Waals surface area contributed by atoms with E-state index in [1.165, 1.54) is 22.9 Å². The molecule has 0 aliphatic rings. The van der Waals surface area contributed by atoms with Gasteiger partial charge in [0.2, 0.25) is 5.16 Å². The number of hydrogen-bond acceptors (Lipinski definition) is 5. The summed E-state index contributed by atoms with van der Waals surface area (Å²) in [6.45, 7) is 10.9. The Balaban J connectivity index is 1.46. The van der Waals surface area contributed by atoms with Crippen LogP contribution in [0.4, 0.5) is 0 Å². The highest BCUT2D eigenvalue weighted by Crippen LogP contribution is 2.25. The summed E-state index contributed by atoms with van der Waals surface area (Å²) in [7, 11) is 0. The molecule has 2 aromatic carbocycles. The third-order valence-corrected chi connectivity index (χ3v) is 6.59. The second kappa shape index (κ2) is 9.35. The summed E-state index contributed by atoms with van der Waals surface area (Å²) in [5.41, 5.74) is 5.80. The molecular weight excluding hydrogens is 430 g/mol. The molecule has 4 rings (SSSR count). The lowest BCUT2D eigenvalue weighted by atomic mass is 9.84. The van der Waals surface area contributed by atoms with Crippen molar-refractivity contribution < 1.29 is 4.79 Å². The predicted molar refractivity (Wildman–Crippen MR) is 133 cm³/mol. The number of hydrogen-bond donors (Lipinski definition) is 1. The summed E-state index contributed by atoms with van der Waals surface area (Å²) in [6.07, 6.45) is 0.